The number of ether oxygens (including phenoxy) is 1. The van der Waals surface area contributed by atoms with Crippen molar-refractivity contribution in [2.45, 2.75) is 95.0 Å². The fourth-order valence-corrected chi connectivity index (χ4v) is 7.78. The van der Waals surface area contributed by atoms with E-state index in [1.54, 1.807) is 0 Å². The topological polar surface area (TPSA) is 30.9 Å². The van der Waals surface area contributed by atoms with Crippen molar-refractivity contribution in [2.24, 2.45) is 23.7 Å². The Labute approximate surface area is 181 Å². The standard InChI is InChI=1S/C26H37NO3/c1-26-20-16-22(24(26)19-12-6-3-7-13-19)25(30-27(26)28-17-20)29-23-15-9-8-14-21(23)18-10-4-2-5-11-18/h2,4-5,10-11,19-25H,3,6-9,12-17H2,1H3/t20-,21?,22-,23?,24-,25+,26+/m0/s1. The van der Waals surface area contributed by atoms with Gasteiger partial charge in [0, 0.05) is 17.8 Å². The Bertz CT molecular complexity index is 735. The number of nitrogens with zero attached hydrogens (tertiary/aromatic N) is 1. The Morgan fingerprint density at radius 3 is 2.57 bits per heavy atom. The summed E-state index contributed by atoms with van der Waals surface area (Å²) in [5.41, 5.74) is 1.47. The summed E-state index contributed by atoms with van der Waals surface area (Å²) in [7, 11) is 0. The lowest BCUT2D eigenvalue weighted by atomic mass is 9.68. The van der Waals surface area contributed by atoms with Crippen LogP contribution in [0.25, 0.3) is 0 Å². The highest BCUT2D eigenvalue weighted by Gasteiger charge is 2.68. The van der Waals surface area contributed by atoms with Crippen LogP contribution in [0.4, 0.5) is 0 Å². The van der Waals surface area contributed by atoms with E-state index >= 15 is 0 Å². The molecule has 2 saturated heterocycles. The van der Waals surface area contributed by atoms with Crippen LogP contribution >= 0.6 is 0 Å². The number of hydrogen-bond acceptors (Lipinski definition) is 4. The van der Waals surface area contributed by atoms with Crippen LogP contribution in [0.1, 0.15) is 82.6 Å². The highest BCUT2D eigenvalue weighted by molar-refractivity contribution is 5.21. The van der Waals surface area contributed by atoms with Gasteiger partial charge in [-0.3, -0.25) is 4.84 Å². The number of hydrogen-bond donors (Lipinski definition) is 0. The lowest BCUT2D eigenvalue weighted by molar-refractivity contribution is -0.469. The van der Waals surface area contributed by atoms with Crippen molar-refractivity contribution in [3.63, 3.8) is 0 Å². The van der Waals surface area contributed by atoms with E-state index in [1.807, 2.05) is 5.23 Å². The third-order valence-corrected chi connectivity index (χ3v) is 9.25. The van der Waals surface area contributed by atoms with Gasteiger partial charge >= 0.3 is 0 Å². The number of benzene rings is 1. The molecule has 2 heterocycles. The Balaban J connectivity index is 1.26. The van der Waals surface area contributed by atoms with Gasteiger partial charge in [-0.1, -0.05) is 80.5 Å². The second-order valence-corrected chi connectivity index (χ2v) is 10.7. The summed E-state index contributed by atoms with van der Waals surface area (Å²) < 4.78 is 6.90. The maximum Gasteiger partial charge on any atom is 0.183 e. The summed E-state index contributed by atoms with van der Waals surface area (Å²) in [4.78, 5) is 12.6. The Morgan fingerprint density at radius 1 is 0.967 bits per heavy atom. The Kier molecular flexibility index (Phi) is 5.18. The van der Waals surface area contributed by atoms with Gasteiger partial charge in [-0.15, -0.1) is 0 Å². The molecule has 0 amide bonds. The molecule has 0 spiro atoms. The van der Waals surface area contributed by atoms with E-state index in [1.165, 1.54) is 63.4 Å². The van der Waals surface area contributed by atoms with E-state index in [2.05, 4.69) is 37.3 Å². The van der Waals surface area contributed by atoms with Crippen LogP contribution in [0.15, 0.2) is 30.3 Å². The fraction of sp³-hybridized carbons (Fsp3) is 0.769. The van der Waals surface area contributed by atoms with Crippen LogP contribution in [0.2, 0.25) is 0 Å². The largest absolute Gasteiger partial charge is 0.347 e. The second kappa shape index (κ2) is 7.88. The quantitative estimate of drug-likeness (QED) is 0.623. The van der Waals surface area contributed by atoms with Gasteiger partial charge in [0.15, 0.2) is 6.29 Å². The van der Waals surface area contributed by atoms with Gasteiger partial charge < -0.3 is 4.74 Å². The van der Waals surface area contributed by atoms with Crippen LogP contribution in [-0.2, 0) is 14.4 Å². The summed E-state index contributed by atoms with van der Waals surface area (Å²) in [6.45, 7) is 3.23. The van der Waals surface area contributed by atoms with E-state index in [4.69, 9.17) is 14.4 Å². The van der Waals surface area contributed by atoms with Gasteiger partial charge in [0.05, 0.1) is 18.2 Å². The van der Waals surface area contributed by atoms with Crippen molar-refractivity contribution in [3.05, 3.63) is 35.9 Å². The zero-order chi connectivity index (χ0) is 20.1. The number of rotatable bonds is 4. The first-order valence-corrected chi connectivity index (χ1v) is 12.6. The highest BCUT2D eigenvalue weighted by atomic mass is 17.0. The van der Waals surface area contributed by atoms with Gasteiger partial charge in [0.2, 0.25) is 0 Å². The first-order valence-electron chi connectivity index (χ1n) is 12.6. The molecule has 5 fully saturated rings. The van der Waals surface area contributed by atoms with Crippen molar-refractivity contribution < 1.29 is 14.4 Å². The molecule has 2 aliphatic heterocycles. The average Bonchev–Trinajstić information content (AvgIpc) is 3.23. The number of hydroxylamine groups is 2. The van der Waals surface area contributed by atoms with Crippen molar-refractivity contribution in [3.8, 4) is 0 Å². The minimum Gasteiger partial charge on any atom is -0.347 e. The maximum atomic E-state index is 6.90. The van der Waals surface area contributed by atoms with Crippen LogP contribution in [-0.4, -0.2) is 29.8 Å². The summed E-state index contributed by atoms with van der Waals surface area (Å²) in [5.74, 6) is 3.03. The van der Waals surface area contributed by atoms with E-state index < -0.39 is 0 Å². The van der Waals surface area contributed by atoms with E-state index in [9.17, 15) is 0 Å². The van der Waals surface area contributed by atoms with Crippen molar-refractivity contribution >= 4 is 0 Å². The van der Waals surface area contributed by atoms with Crippen LogP contribution in [0.5, 0.6) is 0 Å². The summed E-state index contributed by atoms with van der Waals surface area (Å²) in [5, 5.41) is 1.91. The van der Waals surface area contributed by atoms with Gasteiger partial charge in [0.1, 0.15) is 0 Å². The smallest absolute Gasteiger partial charge is 0.183 e. The van der Waals surface area contributed by atoms with Crippen LogP contribution in [0, 0.1) is 23.7 Å². The van der Waals surface area contributed by atoms with Crippen LogP contribution in [0.3, 0.4) is 0 Å². The minimum atomic E-state index is -0.149. The molecular formula is C26H37NO3. The average molecular weight is 412 g/mol. The molecule has 4 heteroatoms. The molecule has 1 aromatic carbocycles. The molecule has 3 aliphatic carbocycles. The summed E-state index contributed by atoms with van der Waals surface area (Å²) >= 11 is 0. The molecule has 30 heavy (non-hydrogen) atoms. The molecule has 4 nitrogen and oxygen atoms in total. The van der Waals surface area contributed by atoms with E-state index in [-0.39, 0.29) is 17.9 Å². The lowest BCUT2D eigenvalue weighted by Gasteiger charge is -2.50. The highest BCUT2D eigenvalue weighted by Crippen LogP contribution is 2.61. The molecule has 2 bridgehead atoms. The number of fused-ring (bicyclic) bond motifs is 1. The fourth-order valence-electron chi connectivity index (χ4n) is 7.78. The minimum absolute atomic E-state index is 0.0396. The first-order chi connectivity index (χ1) is 14.7. The van der Waals surface area contributed by atoms with Gasteiger partial charge in [-0.25, -0.2) is 4.84 Å². The zero-order valence-corrected chi connectivity index (χ0v) is 18.4. The molecule has 2 unspecified atom stereocenters. The van der Waals surface area contributed by atoms with Gasteiger partial charge in [0.25, 0.3) is 0 Å². The van der Waals surface area contributed by atoms with Crippen LogP contribution < -0.4 is 0 Å². The molecule has 3 saturated carbocycles. The molecule has 5 aliphatic rings. The molecule has 164 valence electrons. The predicted octanol–water partition coefficient (Wildman–Crippen LogP) is 5.84. The lowest BCUT2D eigenvalue weighted by Crippen LogP contribution is -2.58. The Morgan fingerprint density at radius 2 is 1.73 bits per heavy atom. The molecule has 0 N–H and O–H groups in total. The van der Waals surface area contributed by atoms with Gasteiger partial charge in [-0.2, -0.15) is 0 Å². The molecular weight excluding hydrogens is 374 g/mol. The van der Waals surface area contributed by atoms with E-state index in [0.717, 1.165) is 18.9 Å². The predicted molar refractivity (Wildman–Crippen MR) is 115 cm³/mol. The summed E-state index contributed by atoms with van der Waals surface area (Å²) in [6, 6.07) is 11.0. The van der Waals surface area contributed by atoms with Gasteiger partial charge in [-0.05, 0) is 43.6 Å². The SMILES string of the molecule is C[C@]12[C@@H]3CON1O[C@@H](OC1CCCCC1c1ccccc1)[C@@H](C3)[C@@H]2C1CCCCC1. The monoisotopic (exact) mass is 411 g/mol. The third-order valence-electron chi connectivity index (χ3n) is 9.25. The molecule has 1 aromatic rings. The summed E-state index contributed by atoms with van der Waals surface area (Å²) in [6.07, 6.45) is 13.2. The Hall–Kier alpha value is -0.940. The van der Waals surface area contributed by atoms with Crippen molar-refractivity contribution in [2.75, 3.05) is 6.61 Å². The zero-order valence-electron chi connectivity index (χ0n) is 18.4. The maximum absolute atomic E-state index is 6.90. The normalized spacial score (nSPS) is 44.4. The second-order valence-electron chi connectivity index (χ2n) is 10.7. The van der Waals surface area contributed by atoms with E-state index in [0.29, 0.717) is 23.7 Å². The molecule has 7 atom stereocenters. The molecule has 0 aromatic heterocycles. The van der Waals surface area contributed by atoms with Crippen molar-refractivity contribution in [1.29, 1.82) is 0 Å². The third kappa shape index (κ3) is 3.09. The first kappa shape index (κ1) is 19.7. The molecule has 6 rings (SSSR count). The molecule has 0 radical (unpaired) electrons. The van der Waals surface area contributed by atoms with Crippen molar-refractivity contribution in [1.82, 2.24) is 5.23 Å².